The standard InChI is InChI=1S/C14H17N3O/c1-2-5-14-12(4-1)10-13(18-14)11-15-7-9-17-8-3-6-16-17/h1-6,8,13,15H,7,9-11H2. The number of nitrogens with zero attached hydrogens (tertiary/aromatic N) is 2. The van der Waals surface area contributed by atoms with Crippen LogP contribution in [0.3, 0.4) is 0 Å². The Bertz CT molecular complexity index is 471. The van der Waals surface area contributed by atoms with Crippen LogP contribution in [0.15, 0.2) is 42.7 Å². The van der Waals surface area contributed by atoms with Crippen molar-refractivity contribution in [1.82, 2.24) is 15.1 Å². The molecule has 0 fully saturated rings. The fourth-order valence-electron chi connectivity index (χ4n) is 2.26. The van der Waals surface area contributed by atoms with Gasteiger partial charge >= 0.3 is 0 Å². The van der Waals surface area contributed by atoms with E-state index in [1.165, 1.54) is 5.56 Å². The van der Waals surface area contributed by atoms with E-state index in [2.05, 4.69) is 22.5 Å². The summed E-state index contributed by atoms with van der Waals surface area (Å²) in [6, 6.07) is 10.2. The van der Waals surface area contributed by atoms with Gasteiger partial charge in [-0.15, -0.1) is 0 Å². The van der Waals surface area contributed by atoms with E-state index in [9.17, 15) is 0 Å². The molecule has 0 aliphatic carbocycles. The number of ether oxygens (including phenoxy) is 1. The van der Waals surface area contributed by atoms with Gasteiger partial charge in [-0.1, -0.05) is 18.2 Å². The first-order valence-electron chi connectivity index (χ1n) is 6.34. The summed E-state index contributed by atoms with van der Waals surface area (Å²) in [5, 5.41) is 7.58. The second-order valence-corrected chi connectivity index (χ2v) is 4.52. The fourth-order valence-corrected chi connectivity index (χ4v) is 2.26. The van der Waals surface area contributed by atoms with Crippen LogP contribution in [0, 0.1) is 0 Å². The molecule has 1 aromatic heterocycles. The van der Waals surface area contributed by atoms with E-state index >= 15 is 0 Å². The van der Waals surface area contributed by atoms with Crippen LogP contribution in [0.4, 0.5) is 0 Å². The molecule has 0 spiro atoms. The zero-order valence-corrected chi connectivity index (χ0v) is 10.2. The Labute approximate surface area is 107 Å². The Balaban J connectivity index is 1.41. The van der Waals surface area contributed by atoms with Gasteiger partial charge in [0.05, 0.1) is 6.54 Å². The lowest BCUT2D eigenvalue weighted by Gasteiger charge is -2.11. The highest BCUT2D eigenvalue weighted by Gasteiger charge is 2.21. The van der Waals surface area contributed by atoms with Crippen molar-refractivity contribution in [3.63, 3.8) is 0 Å². The average molecular weight is 243 g/mol. The van der Waals surface area contributed by atoms with Gasteiger partial charge in [-0.3, -0.25) is 4.68 Å². The van der Waals surface area contributed by atoms with Gasteiger partial charge in [-0.25, -0.2) is 0 Å². The van der Waals surface area contributed by atoms with Crippen molar-refractivity contribution in [1.29, 1.82) is 0 Å². The molecule has 0 amide bonds. The molecular formula is C14H17N3O. The molecular weight excluding hydrogens is 226 g/mol. The third-order valence-electron chi connectivity index (χ3n) is 3.16. The Morgan fingerprint density at radius 3 is 3.11 bits per heavy atom. The topological polar surface area (TPSA) is 39.1 Å². The van der Waals surface area contributed by atoms with Crippen molar-refractivity contribution < 1.29 is 4.74 Å². The second kappa shape index (κ2) is 5.23. The average Bonchev–Trinajstić information content (AvgIpc) is 3.03. The van der Waals surface area contributed by atoms with Gasteiger partial charge in [0.25, 0.3) is 0 Å². The highest BCUT2D eigenvalue weighted by Crippen LogP contribution is 2.27. The summed E-state index contributed by atoms with van der Waals surface area (Å²) in [4.78, 5) is 0. The predicted octanol–water partition coefficient (Wildman–Crippen LogP) is 1.48. The molecule has 4 heteroatoms. The van der Waals surface area contributed by atoms with Crippen LogP contribution in [-0.4, -0.2) is 29.0 Å². The lowest BCUT2D eigenvalue weighted by Crippen LogP contribution is -2.32. The summed E-state index contributed by atoms with van der Waals surface area (Å²) >= 11 is 0. The van der Waals surface area contributed by atoms with E-state index in [0.29, 0.717) is 0 Å². The maximum absolute atomic E-state index is 5.86. The lowest BCUT2D eigenvalue weighted by atomic mass is 10.1. The molecule has 2 heterocycles. The van der Waals surface area contributed by atoms with E-state index < -0.39 is 0 Å². The monoisotopic (exact) mass is 243 g/mol. The Morgan fingerprint density at radius 1 is 1.33 bits per heavy atom. The third-order valence-corrected chi connectivity index (χ3v) is 3.16. The minimum absolute atomic E-state index is 0.264. The molecule has 94 valence electrons. The zero-order chi connectivity index (χ0) is 12.2. The minimum atomic E-state index is 0.264. The van der Waals surface area contributed by atoms with Crippen molar-refractivity contribution in [3.05, 3.63) is 48.3 Å². The van der Waals surface area contributed by atoms with Gasteiger partial charge in [0.15, 0.2) is 0 Å². The van der Waals surface area contributed by atoms with E-state index in [0.717, 1.165) is 31.8 Å². The second-order valence-electron chi connectivity index (χ2n) is 4.52. The van der Waals surface area contributed by atoms with Gasteiger partial charge in [-0.05, 0) is 17.7 Å². The minimum Gasteiger partial charge on any atom is -0.488 e. The molecule has 4 nitrogen and oxygen atoms in total. The maximum Gasteiger partial charge on any atom is 0.123 e. The van der Waals surface area contributed by atoms with E-state index in [4.69, 9.17) is 4.74 Å². The molecule has 1 aliphatic rings. The van der Waals surface area contributed by atoms with Gasteiger partial charge in [0, 0.05) is 31.9 Å². The van der Waals surface area contributed by atoms with Gasteiger partial charge < -0.3 is 10.1 Å². The molecule has 1 aromatic carbocycles. The molecule has 0 radical (unpaired) electrons. The SMILES string of the molecule is c1ccc2c(c1)CC(CNCCn1cccn1)O2. The molecule has 0 saturated heterocycles. The largest absolute Gasteiger partial charge is 0.488 e. The highest BCUT2D eigenvalue weighted by molar-refractivity contribution is 5.37. The number of nitrogens with one attached hydrogen (secondary N) is 1. The first-order valence-corrected chi connectivity index (χ1v) is 6.34. The molecule has 3 rings (SSSR count). The highest BCUT2D eigenvalue weighted by atomic mass is 16.5. The van der Waals surface area contributed by atoms with Crippen molar-refractivity contribution in [3.8, 4) is 5.75 Å². The van der Waals surface area contributed by atoms with Crippen LogP contribution in [0.1, 0.15) is 5.56 Å². The maximum atomic E-state index is 5.86. The predicted molar refractivity (Wildman–Crippen MR) is 69.7 cm³/mol. The molecule has 0 saturated carbocycles. The van der Waals surface area contributed by atoms with Gasteiger partial charge in [-0.2, -0.15) is 5.10 Å². The smallest absolute Gasteiger partial charge is 0.123 e. The van der Waals surface area contributed by atoms with Crippen LogP contribution in [-0.2, 0) is 13.0 Å². The van der Waals surface area contributed by atoms with Crippen LogP contribution in [0.2, 0.25) is 0 Å². The molecule has 0 bridgehead atoms. The van der Waals surface area contributed by atoms with Crippen LogP contribution in [0.25, 0.3) is 0 Å². The van der Waals surface area contributed by atoms with E-state index in [1.807, 2.05) is 29.1 Å². The Morgan fingerprint density at radius 2 is 2.28 bits per heavy atom. The number of hydrogen-bond donors (Lipinski definition) is 1. The molecule has 18 heavy (non-hydrogen) atoms. The quantitative estimate of drug-likeness (QED) is 0.808. The van der Waals surface area contributed by atoms with Crippen LogP contribution in [0.5, 0.6) is 5.75 Å². The fraction of sp³-hybridized carbons (Fsp3) is 0.357. The summed E-state index contributed by atoms with van der Waals surface area (Å²) in [6.07, 6.45) is 5.05. The molecule has 1 N–H and O–H groups in total. The van der Waals surface area contributed by atoms with Crippen molar-refractivity contribution in [2.75, 3.05) is 13.1 Å². The number of benzene rings is 1. The van der Waals surface area contributed by atoms with E-state index in [1.54, 1.807) is 6.20 Å². The Hall–Kier alpha value is -1.81. The number of para-hydroxylation sites is 1. The number of rotatable bonds is 5. The Kier molecular flexibility index (Phi) is 3.28. The first kappa shape index (κ1) is 11.3. The molecule has 1 atom stereocenters. The van der Waals surface area contributed by atoms with Crippen molar-refractivity contribution >= 4 is 0 Å². The molecule has 1 aliphatic heterocycles. The number of hydrogen-bond acceptors (Lipinski definition) is 3. The van der Waals surface area contributed by atoms with E-state index in [-0.39, 0.29) is 6.10 Å². The summed E-state index contributed by atoms with van der Waals surface area (Å²) in [6.45, 7) is 2.69. The lowest BCUT2D eigenvalue weighted by molar-refractivity contribution is 0.227. The summed E-state index contributed by atoms with van der Waals surface area (Å²) in [7, 11) is 0. The van der Waals surface area contributed by atoms with Crippen molar-refractivity contribution in [2.45, 2.75) is 19.1 Å². The first-order chi connectivity index (χ1) is 8.92. The van der Waals surface area contributed by atoms with Crippen LogP contribution < -0.4 is 10.1 Å². The van der Waals surface area contributed by atoms with Gasteiger partial charge in [0.1, 0.15) is 11.9 Å². The van der Waals surface area contributed by atoms with Crippen LogP contribution >= 0.6 is 0 Å². The van der Waals surface area contributed by atoms with Gasteiger partial charge in [0.2, 0.25) is 0 Å². The normalized spacial score (nSPS) is 17.4. The zero-order valence-electron chi connectivity index (χ0n) is 10.2. The third kappa shape index (κ3) is 2.54. The molecule has 1 unspecified atom stereocenters. The number of fused-ring (bicyclic) bond motifs is 1. The molecule has 2 aromatic rings. The number of aromatic nitrogens is 2. The summed E-state index contributed by atoms with van der Waals surface area (Å²) in [5.74, 6) is 1.04. The summed E-state index contributed by atoms with van der Waals surface area (Å²) in [5.41, 5.74) is 1.32. The van der Waals surface area contributed by atoms with Crippen molar-refractivity contribution in [2.24, 2.45) is 0 Å². The summed E-state index contributed by atoms with van der Waals surface area (Å²) < 4.78 is 7.79.